The summed E-state index contributed by atoms with van der Waals surface area (Å²) in [6.07, 6.45) is 0. The Balaban J connectivity index is 2.26. The largest absolute Gasteiger partial charge is 0.493 e. The molecule has 0 spiro atoms. The van der Waals surface area contributed by atoms with Gasteiger partial charge in [0.05, 0.1) is 20.3 Å². The monoisotopic (exact) mass is 222 g/mol. The first-order chi connectivity index (χ1) is 7.67. The highest BCUT2D eigenvalue weighted by atomic mass is 16.5. The molecule has 5 heteroatoms. The normalized spacial score (nSPS) is 23.3. The third-order valence-corrected chi connectivity index (χ3v) is 2.73. The van der Waals surface area contributed by atoms with Crippen LogP contribution in [0.25, 0.3) is 0 Å². The number of nitrogens with two attached hydrogens (primary N) is 1. The molecule has 1 aromatic carbocycles. The van der Waals surface area contributed by atoms with Gasteiger partial charge in [0.25, 0.3) is 0 Å². The number of rotatable bonds is 3. The molecule has 0 unspecified atom stereocenters. The van der Waals surface area contributed by atoms with Crippen LogP contribution in [0.15, 0.2) is 18.2 Å². The fraction of sp³-hybridized carbons (Fsp3) is 0.364. The number of hydrogen-bond donors (Lipinski definition) is 2. The number of hydrogen-bond acceptors (Lipinski definition) is 4. The van der Waals surface area contributed by atoms with Gasteiger partial charge in [0.15, 0.2) is 11.5 Å². The summed E-state index contributed by atoms with van der Waals surface area (Å²) < 4.78 is 10.3. The summed E-state index contributed by atoms with van der Waals surface area (Å²) in [6.45, 7) is 0. The molecular weight excluding hydrogens is 208 g/mol. The number of carbonyl (C=O) groups excluding carboxylic acids is 1. The van der Waals surface area contributed by atoms with E-state index in [-0.39, 0.29) is 11.9 Å². The minimum Gasteiger partial charge on any atom is -0.493 e. The Bertz CT molecular complexity index is 420. The summed E-state index contributed by atoms with van der Waals surface area (Å²) in [7, 11) is 3.15. The van der Waals surface area contributed by atoms with E-state index in [0.717, 1.165) is 5.56 Å². The van der Waals surface area contributed by atoms with Crippen LogP contribution in [-0.2, 0) is 4.79 Å². The van der Waals surface area contributed by atoms with Crippen molar-refractivity contribution in [2.45, 2.75) is 12.1 Å². The lowest BCUT2D eigenvalue weighted by Crippen LogP contribution is -2.60. The summed E-state index contributed by atoms with van der Waals surface area (Å²) in [5, 5.41) is 2.74. The Hall–Kier alpha value is -1.75. The Morgan fingerprint density at radius 2 is 1.94 bits per heavy atom. The molecule has 1 saturated heterocycles. The number of amides is 1. The summed E-state index contributed by atoms with van der Waals surface area (Å²) >= 11 is 0. The van der Waals surface area contributed by atoms with Gasteiger partial charge >= 0.3 is 0 Å². The van der Waals surface area contributed by atoms with Crippen LogP contribution in [-0.4, -0.2) is 26.2 Å². The molecule has 0 radical (unpaired) electrons. The Morgan fingerprint density at radius 1 is 1.25 bits per heavy atom. The Kier molecular flexibility index (Phi) is 2.70. The zero-order valence-electron chi connectivity index (χ0n) is 9.19. The lowest BCUT2D eigenvalue weighted by Gasteiger charge is -2.34. The van der Waals surface area contributed by atoms with Gasteiger partial charge in [0.1, 0.15) is 6.04 Å². The third-order valence-electron chi connectivity index (χ3n) is 2.73. The first kappa shape index (κ1) is 10.8. The summed E-state index contributed by atoms with van der Waals surface area (Å²) in [4.78, 5) is 11.0. The molecular formula is C11H14N2O3. The van der Waals surface area contributed by atoms with Crippen molar-refractivity contribution in [3.8, 4) is 11.5 Å². The van der Waals surface area contributed by atoms with E-state index in [0.29, 0.717) is 11.5 Å². The number of methoxy groups -OCH3 is 2. The molecule has 5 nitrogen and oxygen atoms in total. The molecule has 2 rings (SSSR count). The molecule has 2 atom stereocenters. The van der Waals surface area contributed by atoms with Gasteiger partial charge in [-0.15, -0.1) is 0 Å². The minimum absolute atomic E-state index is 0.125. The minimum atomic E-state index is -0.474. The molecule has 16 heavy (non-hydrogen) atoms. The average molecular weight is 222 g/mol. The number of ether oxygens (including phenoxy) is 2. The van der Waals surface area contributed by atoms with Crippen LogP contribution in [0.4, 0.5) is 0 Å². The van der Waals surface area contributed by atoms with Crippen LogP contribution >= 0.6 is 0 Å². The standard InChI is InChI=1S/C11H14N2O3/c1-15-7-4-3-6(5-8(7)16-2)10-9(12)11(14)13-10/h3-5,9-10H,12H2,1-2H3,(H,13,14)/t9-,10+/m0/s1. The van der Waals surface area contributed by atoms with Crippen LogP contribution in [0.1, 0.15) is 11.6 Å². The molecule has 1 amide bonds. The quantitative estimate of drug-likeness (QED) is 0.717. The highest BCUT2D eigenvalue weighted by Crippen LogP contribution is 2.32. The first-order valence-corrected chi connectivity index (χ1v) is 4.95. The lowest BCUT2D eigenvalue weighted by atomic mass is 9.92. The molecule has 0 aliphatic carbocycles. The lowest BCUT2D eigenvalue weighted by molar-refractivity contribution is -0.130. The second kappa shape index (κ2) is 4.02. The number of nitrogens with one attached hydrogen (secondary N) is 1. The van der Waals surface area contributed by atoms with E-state index in [2.05, 4.69) is 5.32 Å². The number of β-lactam (4-membered cyclic amide) rings is 1. The van der Waals surface area contributed by atoms with E-state index in [1.807, 2.05) is 12.1 Å². The van der Waals surface area contributed by atoms with E-state index in [4.69, 9.17) is 15.2 Å². The molecule has 1 aliphatic heterocycles. The Labute approximate surface area is 93.5 Å². The van der Waals surface area contributed by atoms with Crippen molar-refractivity contribution < 1.29 is 14.3 Å². The van der Waals surface area contributed by atoms with E-state index in [1.54, 1.807) is 20.3 Å². The molecule has 1 aromatic rings. The maximum atomic E-state index is 11.0. The molecule has 0 aromatic heterocycles. The Morgan fingerprint density at radius 3 is 2.44 bits per heavy atom. The maximum absolute atomic E-state index is 11.0. The highest BCUT2D eigenvalue weighted by molar-refractivity contribution is 5.89. The van der Waals surface area contributed by atoms with Gasteiger partial charge in [-0.05, 0) is 17.7 Å². The predicted octanol–water partition coefficient (Wildman–Crippen LogP) is 0.202. The molecule has 0 bridgehead atoms. The zero-order chi connectivity index (χ0) is 11.7. The molecule has 86 valence electrons. The van der Waals surface area contributed by atoms with Gasteiger partial charge in [-0.1, -0.05) is 6.07 Å². The second-order valence-corrected chi connectivity index (χ2v) is 3.63. The van der Waals surface area contributed by atoms with Crippen molar-refractivity contribution in [3.63, 3.8) is 0 Å². The van der Waals surface area contributed by atoms with Crippen LogP contribution in [0.5, 0.6) is 11.5 Å². The fourth-order valence-corrected chi connectivity index (χ4v) is 1.73. The van der Waals surface area contributed by atoms with E-state index >= 15 is 0 Å². The van der Waals surface area contributed by atoms with Crippen molar-refractivity contribution in [2.75, 3.05) is 14.2 Å². The maximum Gasteiger partial charge on any atom is 0.239 e. The molecule has 1 aliphatic rings. The third kappa shape index (κ3) is 1.59. The summed E-state index contributed by atoms with van der Waals surface area (Å²) in [5.41, 5.74) is 6.60. The van der Waals surface area contributed by atoms with Gasteiger partial charge < -0.3 is 20.5 Å². The number of carbonyl (C=O) groups is 1. The first-order valence-electron chi connectivity index (χ1n) is 4.95. The van der Waals surface area contributed by atoms with E-state index < -0.39 is 6.04 Å². The average Bonchev–Trinajstić information content (AvgIpc) is 2.34. The van der Waals surface area contributed by atoms with Crippen molar-refractivity contribution in [1.82, 2.24) is 5.32 Å². The van der Waals surface area contributed by atoms with Crippen molar-refractivity contribution >= 4 is 5.91 Å². The summed E-state index contributed by atoms with van der Waals surface area (Å²) in [6, 6.07) is 4.88. The molecule has 1 heterocycles. The smallest absolute Gasteiger partial charge is 0.239 e. The highest BCUT2D eigenvalue weighted by Gasteiger charge is 2.37. The van der Waals surface area contributed by atoms with Crippen molar-refractivity contribution in [1.29, 1.82) is 0 Å². The summed E-state index contributed by atoms with van der Waals surface area (Å²) in [5.74, 6) is 1.17. The van der Waals surface area contributed by atoms with Gasteiger partial charge in [-0.25, -0.2) is 0 Å². The zero-order valence-corrected chi connectivity index (χ0v) is 9.19. The SMILES string of the molecule is COc1ccc([C@H]2NC(=O)[C@H]2N)cc1OC. The predicted molar refractivity (Wildman–Crippen MR) is 58.4 cm³/mol. The van der Waals surface area contributed by atoms with Crippen molar-refractivity contribution in [3.05, 3.63) is 23.8 Å². The topological polar surface area (TPSA) is 73.6 Å². The van der Waals surface area contributed by atoms with Crippen LogP contribution < -0.4 is 20.5 Å². The van der Waals surface area contributed by atoms with Gasteiger partial charge in [-0.3, -0.25) is 4.79 Å². The van der Waals surface area contributed by atoms with Crippen LogP contribution in [0, 0.1) is 0 Å². The van der Waals surface area contributed by atoms with Gasteiger partial charge in [0, 0.05) is 0 Å². The van der Waals surface area contributed by atoms with Crippen LogP contribution in [0.3, 0.4) is 0 Å². The molecule has 3 N–H and O–H groups in total. The molecule has 1 fully saturated rings. The van der Waals surface area contributed by atoms with Gasteiger partial charge in [0.2, 0.25) is 5.91 Å². The van der Waals surface area contributed by atoms with Crippen LogP contribution in [0.2, 0.25) is 0 Å². The fourth-order valence-electron chi connectivity index (χ4n) is 1.73. The van der Waals surface area contributed by atoms with Crippen molar-refractivity contribution in [2.24, 2.45) is 5.73 Å². The second-order valence-electron chi connectivity index (χ2n) is 3.63. The number of benzene rings is 1. The molecule has 0 saturated carbocycles. The van der Waals surface area contributed by atoms with E-state index in [9.17, 15) is 4.79 Å². The van der Waals surface area contributed by atoms with E-state index in [1.165, 1.54) is 0 Å². The van der Waals surface area contributed by atoms with Gasteiger partial charge in [-0.2, -0.15) is 0 Å².